The van der Waals surface area contributed by atoms with E-state index in [1.165, 1.54) is 18.3 Å². The Hall–Kier alpha value is -5.82. The van der Waals surface area contributed by atoms with E-state index in [0.717, 1.165) is 41.7 Å². The fourth-order valence-electron chi connectivity index (χ4n) is 5.98. The summed E-state index contributed by atoms with van der Waals surface area (Å²) in [5.74, 6) is 0.687. The van der Waals surface area contributed by atoms with Gasteiger partial charge in [0.15, 0.2) is 11.5 Å². The molecule has 1 aliphatic heterocycles. The zero-order valence-electron chi connectivity index (χ0n) is 27.8. The van der Waals surface area contributed by atoms with E-state index < -0.39 is 23.4 Å². The minimum Gasteiger partial charge on any atom is -0.493 e. The number of methoxy groups -OCH3 is 2. The molecule has 10 nitrogen and oxygen atoms in total. The van der Waals surface area contributed by atoms with Gasteiger partial charge in [-0.25, -0.2) is 4.98 Å². The van der Waals surface area contributed by atoms with E-state index in [1.54, 1.807) is 61.5 Å². The fourth-order valence-corrected chi connectivity index (χ4v) is 5.98. The molecule has 0 bridgehead atoms. The molecule has 1 saturated heterocycles. The van der Waals surface area contributed by atoms with E-state index in [1.807, 2.05) is 18.2 Å². The number of pyridine rings is 2. The maximum atomic E-state index is 13.7. The molecule has 6 rings (SSSR count). The number of nitrogens with one attached hydrogen (secondary N) is 1. The van der Waals surface area contributed by atoms with Crippen LogP contribution in [0.4, 0.5) is 24.7 Å². The number of nitrogen functional groups attached to an aromatic ring is 1. The lowest BCUT2D eigenvalue weighted by atomic mass is 9.99. The van der Waals surface area contributed by atoms with Gasteiger partial charge in [0, 0.05) is 60.7 Å². The Morgan fingerprint density at radius 2 is 1.53 bits per heavy atom. The van der Waals surface area contributed by atoms with Gasteiger partial charge in [-0.05, 0) is 77.9 Å². The number of alkyl halides is 3. The largest absolute Gasteiger partial charge is 0.573 e. The Labute approximate surface area is 291 Å². The van der Waals surface area contributed by atoms with Gasteiger partial charge in [0.25, 0.3) is 5.91 Å². The van der Waals surface area contributed by atoms with Crippen LogP contribution >= 0.6 is 0 Å². The molecule has 3 N–H and O–H groups in total. The number of hydrogen-bond acceptors (Lipinski definition) is 8. The van der Waals surface area contributed by atoms with Crippen molar-refractivity contribution in [3.05, 3.63) is 107 Å². The van der Waals surface area contributed by atoms with E-state index in [2.05, 4.69) is 15.0 Å². The second-order valence-electron chi connectivity index (χ2n) is 12.0. The molecule has 1 fully saturated rings. The monoisotopic (exact) mass is 700 g/mol. The number of carbonyl (C=O) groups is 1. The highest BCUT2D eigenvalue weighted by molar-refractivity contribution is 6.04. The van der Waals surface area contributed by atoms with Crippen LogP contribution in [0.15, 0.2) is 96.2 Å². The summed E-state index contributed by atoms with van der Waals surface area (Å²) in [6, 6.07) is 19.4. The predicted molar refractivity (Wildman–Crippen MR) is 187 cm³/mol. The molecule has 264 valence electrons. The molecule has 5 aromatic rings. The van der Waals surface area contributed by atoms with Crippen LogP contribution in [0.1, 0.15) is 23.2 Å². The highest BCUT2D eigenvalue weighted by atomic mass is 19.4. The molecule has 0 aliphatic carbocycles. The van der Waals surface area contributed by atoms with Crippen molar-refractivity contribution < 1.29 is 36.9 Å². The molecule has 2 aromatic heterocycles. The summed E-state index contributed by atoms with van der Waals surface area (Å²) in [4.78, 5) is 31.8. The summed E-state index contributed by atoms with van der Waals surface area (Å²) in [6.45, 7) is 1.76. The fraction of sp³-hybridized carbons (Fsp3) is 0.237. The molecular formula is C38H35F3N4O6. The van der Waals surface area contributed by atoms with Crippen LogP contribution in [-0.4, -0.2) is 49.3 Å². The summed E-state index contributed by atoms with van der Waals surface area (Å²) in [5.41, 5.74) is 9.60. The number of rotatable bonds is 10. The van der Waals surface area contributed by atoms with Gasteiger partial charge in [-0.1, -0.05) is 30.3 Å². The molecule has 0 unspecified atom stereocenters. The van der Waals surface area contributed by atoms with Crippen molar-refractivity contribution in [3.63, 3.8) is 0 Å². The van der Waals surface area contributed by atoms with Crippen LogP contribution in [-0.2, 0) is 11.3 Å². The summed E-state index contributed by atoms with van der Waals surface area (Å²) in [5, 5.41) is 2.81. The smallest absolute Gasteiger partial charge is 0.493 e. The van der Waals surface area contributed by atoms with Crippen LogP contribution in [0, 0.1) is 5.92 Å². The molecular weight excluding hydrogens is 665 g/mol. The molecule has 0 saturated carbocycles. The van der Waals surface area contributed by atoms with Crippen molar-refractivity contribution in [2.24, 2.45) is 5.92 Å². The van der Waals surface area contributed by atoms with E-state index >= 15 is 0 Å². The third-order valence-electron chi connectivity index (χ3n) is 8.62. The normalized spacial score (nSPS) is 13.4. The zero-order chi connectivity index (χ0) is 36.1. The molecule has 1 amide bonds. The molecule has 51 heavy (non-hydrogen) atoms. The van der Waals surface area contributed by atoms with Crippen LogP contribution in [0.5, 0.6) is 17.2 Å². The summed E-state index contributed by atoms with van der Waals surface area (Å²) in [6.07, 6.45) is 1.58. The molecule has 0 spiro atoms. The van der Waals surface area contributed by atoms with Crippen molar-refractivity contribution in [3.8, 4) is 50.6 Å². The number of anilines is 2. The summed E-state index contributed by atoms with van der Waals surface area (Å²) in [7, 11) is 3.13. The molecule has 0 atom stereocenters. The second-order valence-corrected chi connectivity index (χ2v) is 12.0. The van der Waals surface area contributed by atoms with Gasteiger partial charge in [-0.3, -0.25) is 9.59 Å². The van der Waals surface area contributed by atoms with E-state index in [9.17, 15) is 22.8 Å². The average Bonchev–Trinajstić information content (AvgIpc) is 3.12. The topological polar surface area (TPSA) is 127 Å². The lowest BCUT2D eigenvalue weighted by molar-refractivity contribution is -0.274. The Balaban J connectivity index is 1.26. The number of nitrogens with zero attached hydrogens (tertiary/aromatic N) is 2. The molecule has 3 heterocycles. The number of aromatic nitrogens is 2. The summed E-state index contributed by atoms with van der Waals surface area (Å²) >= 11 is 0. The Morgan fingerprint density at radius 1 is 0.882 bits per heavy atom. The Morgan fingerprint density at radius 3 is 2.20 bits per heavy atom. The first-order valence-corrected chi connectivity index (χ1v) is 16.1. The van der Waals surface area contributed by atoms with Crippen molar-refractivity contribution in [2.45, 2.75) is 25.7 Å². The van der Waals surface area contributed by atoms with Gasteiger partial charge in [0.2, 0.25) is 5.43 Å². The number of ether oxygens (including phenoxy) is 4. The van der Waals surface area contributed by atoms with Crippen molar-refractivity contribution in [1.82, 2.24) is 9.55 Å². The van der Waals surface area contributed by atoms with Gasteiger partial charge < -0.3 is 34.6 Å². The predicted octanol–water partition coefficient (Wildman–Crippen LogP) is 7.42. The SMILES string of the molecule is COc1ccc(-c2cnc(N)c(-c3ccc(NC(=O)c4cn(CC5CCOCC5)cc(-c5ccc(OC(F)(F)F)cc5)c4=O)cc3)c2)cc1OC. The summed E-state index contributed by atoms with van der Waals surface area (Å²) < 4.78 is 60.2. The first kappa shape index (κ1) is 35.0. The Bertz CT molecular complexity index is 2080. The van der Waals surface area contributed by atoms with Crippen molar-refractivity contribution >= 4 is 17.4 Å². The third kappa shape index (κ3) is 8.32. The van der Waals surface area contributed by atoms with Crippen molar-refractivity contribution in [2.75, 3.05) is 38.5 Å². The third-order valence-corrected chi connectivity index (χ3v) is 8.62. The van der Waals surface area contributed by atoms with Gasteiger partial charge in [-0.2, -0.15) is 0 Å². The standard InChI is InChI=1S/C38H35F3N4O6/c1-48-33-12-7-26(18-34(33)49-2)27-17-30(36(42)43-19-27)24-3-8-28(9-4-24)44-37(47)32-22-45(20-23-13-15-50-16-14-23)21-31(35(32)46)25-5-10-29(11-6-25)51-38(39,40)41/h3-12,17-19,21-23H,13-16,20H2,1-2H3,(H2,42,43)(H,44,47). The highest BCUT2D eigenvalue weighted by Gasteiger charge is 2.31. The highest BCUT2D eigenvalue weighted by Crippen LogP contribution is 2.35. The minimum atomic E-state index is -4.85. The number of halogens is 3. The Kier molecular flexibility index (Phi) is 10.3. The van der Waals surface area contributed by atoms with E-state index in [4.69, 9.17) is 19.9 Å². The van der Waals surface area contributed by atoms with E-state index in [0.29, 0.717) is 53.9 Å². The van der Waals surface area contributed by atoms with Crippen LogP contribution in [0.2, 0.25) is 0 Å². The van der Waals surface area contributed by atoms with E-state index in [-0.39, 0.29) is 17.0 Å². The molecule has 3 aromatic carbocycles. The van der Waals surface area contributed by atoms with Gasteiger partial charge in [-0.15, -0.1) is 13.2 Å². The number of nitrogens with two attached hydrogens (primary N) is 1. The van der Waals surface area contributed by atoms with Crippen LogP contribution < -0.4 is 30.7 Å². The van der Waals surface area contributed by atoms with Gasteiger partial charge >= 0.3 is 6.36 Å². The molecule has 1 aliphatic rings. The lowest BCUT2D eigenvalue weighted by Gasteiger charge is -2.23. The lowest BCUT2D eigenvalue weighted by Crippen LogP contribution is -2.26. The average molecular weight is 701 g/mol. The number of carbonyl (C=O) groups excluding carboxylic acids is 1. The number of benzene rings is 3. The molecule has 13 heteroatoms. The van der Waals surface area contributed by atoms with Crippen LogP contribution in [0.25, 0.3) is 33.4 Å². The number of hydrogen-bond donors (Lipinski definition) is 2. The zero-order valence-corrected chi connectivity index (χ0v) is 27.8. The number of amides is 1. The van der Waals surface area contributed by atoms with Gasteiger partial charge in [0.05, 0.1) is 14.2 Å². The maximum Gasteiger partial charge on any atom is 0.573 e. The first-order chi connectivity index (χ1) is 24.5. The maximum absolute atomic E-state index is 13.7. The minimum absolute atomic E-state index is 0.115. The van der Waals surface area contributed by atoms with Gasteiger partial charge in [0.1, 0.15) is 17.1 Å². The first-order valence-electron chi connectivity index (χ1n) is 16.1. The van der Waals surface area contributed by atoms with Crippen molar-refractivity contribution in [1.29, 1.82) is 0 Å². The molecule has 0 radical (unpaired) electrons. The quantitative estimate of drug-likeness (QED) is 0.154. The second kappa shape index (κ2) is 15.0. The van der Waals surface area contributed by atoms with Crippen LogP contribution in [0.3, 0.4) is 0 Å².